The summed E-state index contributed by atoms with van der Waals surface area (Å²) in [6, 6.07) is 0. The predicted molar refractivity (Wildman–Crippen MR) is 60.0 cm³/mol. The van der Waals surface area contributed by atoms with Crippen molar-refractivity contribution in [2.24, 2.45) is 0 Å². The highest BCUT2D eigenvalue weighted by Crippen LogP contribution is 2.48. The molecule has 0 aromatic carbocycles. The van der Waals surface area contributed by atoms with Gasteiger partial charge in [-0.15, -0.1) is 0 Å². The molecule has 90 valence electrons. The fraction of sp³-hybridized carbons (Fsp3) is 0.400. The molecule has 0 heterocycles. The van der Waals surface area contributed by atoms with Crippen molar-refractivity contribution in [2.75, 3.05) is 6.16 Å². The van der Waals surface area contributed by atoms with Gasteiger partial charge in [0.05, 0.1) is 6.16 Å². The first-order valence-corrected chi connectivity index (χ1v) is 6.32. The molecule has 0 amide bonds. The molecule has 0 saturated carbocycles. The second-order valence-electron chi connectivity index (χ2n) is 3.25. The fourth-order valence-corrected chi connectivity index (χ4v) is 1.67. The molecule has 0 radical (unpaired) electrons. The fourth-order valence-electron chi connectivity index (χ4n) is 0.556. The lowest BCUT2D eigenvalue weighted by molar-refractivity contribution is -0.134. The summed E-state index contributed by atoms with van der Waals surface area (Å²) >= 11 is 0. The maximum Gasteiger partial charge on any atom is 0.435 e. The van der Waals surface area contributed by atoms with Crippen molar-refractivity contribution in [1.29, 1.82) is 0 Å². The van der Waals surface area contributed by atoms with Gasteiger partial charge in [0.25, 0.3) is 0 Å². The molecule has 6 heteroatoms. The SMILES string of the molecule is C=C(C)C(=O)OP(=O)(CC)OC(=O)C(=C)C. The maximum atomic E-state index is 11.8. The van der Waals surface area contributed by atoms with Crippen LogP contribution in [0.15, 0.2) is 24.3 Å². The number of hydrogen-bond acceptors (Lipinski definition) is 5. The largest absolute Gasteiger partial charge is 0.435 e. The number of hydrogen-bond donors (Lipinski definition) is 0. The molecule has 0 fully saturated rings. The van der Waals surface area contributed by atoms with Crippen LogP contribution in [0.5, 0.6) is 0 Å². The van der Waals surface area contributed by atoms with Crippen LogP contribution in [0, 0.1) is 0 Å². The van der Waals surface area contributed by atoms with Gasteiger partial charge in [-0.1, -0.05) is 20.1 Å². The average molecular weight is 246 g/mol. The standard InChI is InChI=1S/C10H15O5P/c1-6-16(13,14-9(11)7(2)3)15-10(12)8(4)5/h2,4,6H2,1,3,5H3. The highest BCUT2D eigenvalue weighted by atomic mass is 31.2. The van der Waals surface area contributed by atoms with Crippen LogP contribution < -0.4 is 0 Å². The van der Waals surface area contributed by atoms with Crippen molar-refractivity contribution in [2.45, 2.75) is 20.8 Å². The third kappa shape index (κ3) is 4.45. The molecule has 16 heavy (non-hydrogen) atoms. The molecule has 0 saturated heterocycles. The van der Waals surface area contributed by atoms with Gasteiger partial charge >= 0.3 is 19.5 Å². The molecule has 0 aliphatic carbocycles. The number of carbonyl (C=O) groups is 2. The minimum Gasteiger partial charge on any atom is -0.379 e. The lowest BCUT2D eigenvalue weighted by Gasteiger charge is -2.16. The van der Waals surface area contributed by atoms with Crippen molar-refractivity contribution in [3.8, 4) is 0 Å². The van der Waals surface area contributed by atoms with Crippen molar-refractivity contribution in [1.82, 2.24) is 0 Å². The average Bonchev–Trinajstić information content (AvgIpc) is 2.17. The quantitative estimate of drug-likeness (QED) is 0.550. The first-order chi connectivity index (χ1) is 7.22. The minimum atomic E-state index is -3.74. The second-order valence-corrected chi connectivity index (χ2v) is 5.46. The topological polar surface area (TPSA) is 69.7 Å². The van der Waals surface area contributed by atoms with E-state index in [2.05, 4.69) is 22.2 Å². The summed E-state index contributed by atoms with van der Waals surface area (Å²) in [5.74, 6) is -1.70. The van der Waals surface area contributed by atoms with E-state index in [4.69, 9.17) is 0 Å². The summed E-state index contributed by atoms with van der Waals surface area (Å²) in [6.45, 7) is 11.0. The molecule has 0 rings (SSSR count). The molecular weight excluding hydrogens is 231 g/mol. The Labute approximate surface area is 94.7 Å². The van der Waals surface area contributed by atoms with E-state index in [0.717, 1.165) is 0 Å². The molecule has 0 aliphatic rings. The smallest absolute Gasteiger partial charge is 0.379 e. The third-order valence-electron chi connectivity index (χ3n) is 1.53. The van der Waals surface area contributed by atoms with Gasteiger partial charge in [-0.3, -0.25) is 0 Å². The second kappa shape index (κ2) is 5.66. The van der Waals surface area contributed by atoms with Crippen LogP contribution in [-0.2, 0) is 23.2 Å². The summed E-state index contributed by atoms with van der Waals surface area (Å²) in [5, 5.41) is 0. The van der Waals surface area contributed by atoms with Gasteiger partial charge in [-0.05, 0) is 13.8 Å². The van der Waals surface area contributed by atoms with Gasteiger partial charge in [0.1, 0.15) is 0 Å². The van der Waals surface area contributed by atoms with Crippen LogP contribution >= 0.6 is 7.60 Å². The van der Waals surface area contributed by atoms with Gasteiger partial charge in [0, 0.05) is 11.1 Å². The van der Waals surface area contributed by atoms with Crippen LogP contribution in [0.4, 0.5) is 0 Å². The summed E-state index contributed by atoms with van der Waals surface area (Å²) < 4.78 is 21.0. The molecule has 0 atom stereocenters. The van der Waals surface area contributed by atoms with E-state index < -0.39 is 19.5 Å². The van der Waals surface area contributed by atoms with Crippen molar-refractivity contribution < 1.29 is 23.2 Å². The van der Waals surface area contributed by atoms with E-state index in [1.165, 1.54) is 20.8 Å². The Morgan fingerprint density at radius 1 is 1.06 bits per heavy atom. The molecular formula is C10H15O5P. The monoisotopic (exact) mass is 246 g/mol. The van der Waals surface area contributed by atoms with Gasteiger partial charge in [0.15, 0.2) is 0 Å². The zero-order valence-electron chi connectivity index (χ0n) is 9.61. The van der Waals surface area contributed by atoms with E-state index in [-0.39, 0.29) is 17.3 Å². The lowest BCUT2D eigenvalue weighted by atomic mass is 10.4. The maximum absolute atomic E-state index is 11.8. The zero-order chi connectivity index (χ0) is 12.9. The minimum absolute atomic E-state index is 0.0834. The van der Waals surface area contributed by atoms with E-state index in [9.17, 15) is 14.2 Å². The van der Waals surface area contributed by atoms with E-state index in [0.29, 0.717) is 0 Å². The van der Waals surface area contributed by atoms with Crippen molar-refractivity contribution in [3.05, 3.63) is 24.3 Å². The molecule has 0 N–H and O–H groups in total. The van der Waals surface area contributed by atoms with E-state index in [1.807, 2.05) is 0 Å². The first-order valence-electron chi connectivity index (χ1n) is 4.59. The highest BCUT2D eigenvalue weighted by molar-refractivity contribution is 7.54. The Balaban J connectivity index is 4.74. The molecule has 0 bridgehead atoms. The van der Waals surface area contributed by atoms with Crippen LogP contribution in [-0.4, -0.2) is 18.1 Å². The molecule has 0 unspecified atom stereocenters. The summed E-state index contributed by atoms with van der Waals surface area (Å²) in [5.41, 5.74) is 0.167. The highest BCUT2D eigenvalue weighted by Gasteiger charge is 2.30. The summed E-state index contributed by atoms with van der Waals surface area (Å²) in [7, 11) is -3.74. The summed E-state index contributed by atoms with van der Waals surface area (Å²) in [6.07, 6.45) is -0.0922. The van der Waals surface area contributed by atoms with E-state index in [1.54, 1.807) is 0 Å². The van der Waals surface area contributed by atoms with Gasteiger partial charge in [-0.25, -0.2) is 14.2 Å². The van der Waals surface area contributed by atoms with Crippen LogP contribution in [0.2, 0.25) is 0 Å². The molecule has 0 aromatic heterocycles. The van der Waals surface area contributed by atoms with Gasteiger partial charge in [0.2, 0.25) is 0 Å². The number of carbonyl (C=O) groups excluding carboxylic acids is 2. The Morgan fingerprint density at radius 3 is 1.56 bits per heavy atom. The number of rotatable bonds is 5. The summed E-state index contributed by atoms with van der Waals surface area (Å²) in [4.78, 5) is 22.3. The van der Waals surface area contributed by atoms with Crippen LogP contribution in [0.25, 0.3) is 0 Å². The Hall–Kier alpha value is -1.35. The van der Waals surface area contributed by atoms with Gasteiger partial charge < -0.3 is 9.05 Å². The molecule has 0 spiro atoms. The van der Waals surface area contributed by atoms with E-state index >= 15 is 0 Å². The van der Waals surface area contributed by atoms with Crippen LogP contribution in [0.1, 0.15) is 20.8 Å². The molecule has 0 aliphatic heterocycles. The Morgan fingerprint density at radius 2 is 1.38 bits per heavy atom. The molecule has 0 aromatic rings. The van der Waals surface area contributed by atoms with Crippen molar-refractivity contribution in [3.63, 3.8) is 0 Å². The Kier molecular flexibility index (Phi) is 5.18. The van der Waals surface area contributed by atoms with Crippen LogP contribution in [0.3, 0.4) is 0 Å². The van der Waals surface area contributed by atoms with Gasteiger partial charge in [-0.2, -0.15) is 0 Å². The molecule has 5 nitrogen and oxygen atoms in total. The third-order valence-corrected chi connectivity index (χ3v) is 3.19. The first kappa shape index (κ1) is 14.6. The zero-order valence-corrected chi connectivity index (χ0v) is 10.5. The Bertz CT molecular complexity index is 351. The predicted octanol–water partition coefficient (Wildman–Crippen LogP) is 2.44. The van der Waals surface area contributed by atoms with Crippen molar-refractivity contribution >= 4 is 19.5 Å². The lowest BCUT2D eigenvalue weighted by Crippen LogP contribution is -2.11. The normalized spacial score (nSPS) is 10.4.